The van der Waals surface area contributed by atoms with Crippen LogP contribution in [0.1, 0.15) is 25.3 Å². The van der Waals surface area contributed by atoms with Crippen molar-refractivity contribution in [2.75, 3.05) is 13.1 Å². The van der Waals surface area contributed by atoms with E-state index in [1.165, 1.54) is 6.42 Å². The first kappa shape index (κ1) is 14.5. The van der Waals surface area contributed by atoms with E-state index >= 15 is 0 Å². The molecule has 0 saturated carbocycles. The van der Waals surface area contributed by atoms with Gasteiger partial charge in [-0.2, -0.15) is 0 Å². The summed E-state index contributed by atoms with van der Waals surface area (Å²) < 4.78 is 0. The lowest BCUT2D eigenvalue weighted by Crippen LogP contribution is -2.44. The van der Waals surface area contributed by atoms with Crippen molar-refractivity contribution >= 4 is 29.2 Å². The Morgan fingerprint density at radius 3 is 2.95 bits per heavy atom. The number of amides is 2. The number of halogens is 2. The number of piperidine rings is 1. The van der Waals surface area contributed by atoms with Crippen molar-refractivity contribution in [3.05, 3.63) is 33.8 Å². The summed E-state index contributed by atoms with van der Waals surface area (Å²) in [5.41, 5.74) is 0.879. The summed E-state index contributed by atoms with van der Waals surface area (Å²) in [5, 5.41) is 4.09. The zero-order chi connectivity index (χ0) is 13.8. The highest BCUT2D eigenvalue weighted by Crippen LogP contribution is 2.21. The van der Waals surface area contributed by atoms with Crippen LogP contribution in [0.15, 0.2) is 18.2 Å². The summed E-state index contributed by atoms with van der Waals surface area (Å²) in [6, 6.07) is 5.28. The first-order valence-electron chi connectivity index (χ1n) is 6.53. The van der Waals surface area contributed by atoms with Gasteiger partial charge in [-0.1, -0.05) is 36.2 Å². The molecule has 0 radical (unpaired) electrons. The Morgan fingerprint density at radius 2 is 2.26 bits per heavy atom. The SMILES string of the molecule is CC1CCCN(C(=O)NCc2ccc(Cl)cc2Cl)C1. The molecular formula is C14H18Cl2N2O. The molecule has 1 aliphatic rings. The molecule has 2 rings (SSSR count). The van der Waals surface area contributed by atoms with Crippen molar-refractivity contribution < 1.29 is 4.79 Å². The average Bonchev–Trinajstić information content (AvgIpc) is 2.37. The van der Waals surface area contributed by atoms with E-state index in [1.54, 1.807) is 12.1 Å². The number of hydrogen-bond donors (Lipinski definition) is 1. The van der Waals surface area contributed by atoms with Crippen LogP contribution in [0.2, 0.25) is 10.0 Å². The average molecular weight is 301 g/mol. The Hall–Kier alpha value is -0.930. The fourth-order valence-corrected chi connectivity index (χ4v) is 2.80. The Bertz CT molecular complexity index is 465. The van der Waals surface area contributed by atoms with Crippen LogP contribution in [-0.4, -0.2) is 24.0 Å². The van der Waals surface area contributed by atoms with E-state index < -0.39 is 0 Å². The third-order valence-electron chi connectivity index (χ3n) is 3.39. The summed E-state index contributed by atoms with van der Waals surface area (Å²) in [7, 11) is 0. The van der Waals surface area contributed by atoms with Crippen molar-refractivity contribution in [3.8, 4) is 0 Å². The molecular weight excluding hydrogens is 283 g/mol. The highest BCUT2D eigenvalue weighted by atomic mass is 35.5. The monoisotopic (exact) mass is 300 g/mol. The lowest BCUT2D eigenvalue weighted by atomic mass is 10.0. The zero-order valence-corrected chi connectivity index (χ0v) is 12.5. The van der Waals surface area contributed by atoms with Crippen molar-refractivity contribution in [2.24, 2.45) is 5.92 Å². The van der Waals surface area contributed by atoms with Crippen LogP contribution in [0.5, 0.6) is 0 Å². The molecule has 5 heteroatoms. The van der Waals surface area contributed by atoms with Gasteiger partial charge in [-0.25, -0.2) is 4.79 Å². The molecule has 19 heavy (non-hydrogen) atoms. The number of rotatable bonds is 2. The third kappa shape index (κ3) is 4.02. The van der Waals surface area contributed by atoms with Crippen molar-refractivity contribution in [1.82, 2.24) is 10.2 Å². The molecule has 1 atom stereocenters. The summed E-state index contributed by atoms with van der Waals surface area (Å²) in [6.07, 6.45) is 2.28. The van der Waals surface area contributed by atoms with Gasteiger partial charge in [-0.15, -0.1) is 0 Å². The summed E-state index contributed by atoms with van der Waals surface area (Å²) in [6.45, 7) is 4.28. The fourth-order valence-electron chi connectivity index (χ4n) is 2.32. The number of nitrogens with one attached hydrogen (secondary N) is 1. The van der Waals surface area contributed by atoms with Crippen molar-refractivity contribution in [2.45, 2.75) is 26.3 Å². The summed E-state index contributed by atoms with van der Waals surface area (Å²) in [4.78, 5) is 13.9. The molecule has 0 spiro atoms. The van der Waals surface area contributed by atoms with Gasteiger partial charge in [0, 0.05) is 29.7 Å². The van der Waals surface area contributed by atoms with Gasteiger partial charge in [0.05, 0.1) is 0 Å². The van der Waals surface area contributed by atoms with Crippen LogP contribution in [0, 0.1) is 5.92 Å². The molecule has 1 aromatic carbocycles. The van der Waals surface area contributed by atoms with E-state index in [9.17, 15) is 4.79 Å². The van der Waals surface area contributed by atoms with Crippen LogP contribution in [0.25, 0.3) is 0 Å². The number of carbonyl (C=O) groups is 1. The van der Waals surface area contributed by atoms with Gasteiger partial charge in [-0.05, 0) is 36.5 Å². The van der Waals surface area contributed by atoms with Crippen LogP contribution in [0.4, 0.5) is 4.79 Å². The molecule has 1 N–H and O–H groups in total. The van der Waals surface area contributed by atoms with E-state index in [2.05, 4.69) is 12.2 Å². The number of nitrogens with zero attached hydrogens (tertiary/aromatic N) is 1. The van der Waals surface area contributed by atoms with E-state index in [1.807, 2.05) is 11.0 Å². The maximum atomic E-state index is 12.0. The molecule has 0 bridgehead atoms. The Balaban J connectivity index is 1.89. The minimum absolute atomic E-state index is 0.0161. The first-order valence-corrected chi connectivity index (χ1v) is 7.28. The predicted molar refractivity (Wildman–Crippen MR) is 78.7 cm³/mol. The first-order chi connectivity index (χ1) is 9.06. The Morgan fingerprint density at radius 1 is 1.47 bits per heavy atom. The van der Waals surface area contributed by atoms with E-state index in [4.69, 9.17) is 23.2 Å². The standard InChI is InChI=1S/C14H18Cl2N2O/c1-10-3-2-6-18(9-10)14(19)17-8-11-4-5-12(15)7-13(11)16/h4-5,7,10H,2-3,6,8-9H2,1H3,(H,17,19). The maximum absolute atomic E-state index is 12.0. The van der Waals surface area contributed by atoms with E-state index in [0.717, 1.165) is 25.1 Å². The summed E-state index contributed by atoms with van der Waals surface area (Å²) in [5.74, 6) is 0.582. The van der Waals surface area contributed by atoms with Gasteiger partial charge in [-0.3, -0.25) is 0 Å². The maximum Gasteiger partial charge on any atom is 0.317 e. The smallest absolute Gasteiger partial charge is 0.317 e. The van der Waals surface area contributed by atoms with Gasteiger partial charge >= 0.3 is 6.03 Å². The molecule has 1 saturated heterocycles. The van der Waals surface area contributed by atoms with Crippen LogP contribution in [-0.2, 0) is 6.54 Å². The molecule has 1 fully saturated rings. The zero-order valence-electron chi connectivity index (χ0n) is 11.0. The molecule has 1 heterocycles. The topological polar surface area (TPSA) is 32.3 Å². The van der Waals surface area contributed by atoms with Gasteiger partial charge in [0.1, 0.15) is 0 Å². The molecule has 1 unspecified atom stereocenters. The molecule has 2 amide bonds. The lowest BCUT2D eigenvalue weighted by Gasteiger charge is -2.31. The molecule has 1 aromatic rings. The number of likely N-dealkylation sites (tertiary alicyclic amines) is 1. The Labute approximate surface area is 123 Å². The largest absolute Gasteiger partial charge is 0.334 e. The number of carbonyl (C=O) groups excluding carboxylic acids is 1. The Kier molecular flexibility index (Phi) is 4.94. The van der Waals surface area contributed by atoms with E-state index in [-0.39, 0.29) is 6.03 Å². The van der Waals surface area contributed by atoms with Gasteiger partial charge in [0.2, 0.25) is 0 Å². The van der Waals surface area contributed by atoms with Crippen LogP contribution in [0.3, 0.4) is 0 Å². The normalized spacial score (nSPS) is 19.3. The highest BCUT2D eigenvalue weighted by Gasteiger charge is 2.20. The van der Waals surface area contributed by atoms with Crippen molar-refractivity contribution in [1.29, 1.82) is 0 Å². The van der Waals surface area contributed by atoms with Crippen molar-refractivity contribution in [3.63, 3.8) is 0 Å². The predicted octanol–water partition coefficient (Wildman–Crippen LogP) is 3.93. The quantitative estimate of drug-likeness (QED) is 0.882. The van der Waals surface area contributed by atoms with Crippen LogP contribution >= 0.6 is 23.2 Å². The summed E-state index contributed by atoms with van der Waals surface area (Å²) >= 11 is 11.9. The highest BCUT2D eigenvalue weighted by molar-refractivity contribution is 6.35. The van der Waals surface area contributed by atoms with Gasteiger partial charge in [0.25, 0.3) is 0 Å². The molecule has 104 valence electrons. The van der Waals surface area contributed by atoms with E-state index in [0.29, 0.717) is 22.5 Å². The number of urea groups is 1. The number of benzene rings is 1. The van der Waals surface area contributed by atoms with Gasteiger partial charge < -0.3 is 10.2 Å². The third-order valence-corrected chi connectivity index (χ3v) is 3.98. The van der Waals surface area contributed by atoms with Crippen LogP contribution < -0.4 is 5.32 Å². The minimum atomic E-state index is -0.0161. The lowest BCUT2D eigenvalue weighted by molar-refractivity contribution is 0.169. The van der Waals surface area contributed by atoms with Gasteiger partial charge in [0.15, 0.2) is 0 Å². The molecule has 0 aromatic heterocycles. The molecule has 1 aliphatic heterocycles. The second kappa shape index (κ2) is 6.49. The molecule has 0 aliphatic carbocycles. The second-order valence-corrected chi connectivity index (χ2v) is 5.93. The molecule has 3 nitrogen and oxygen atoms in total. The number of hydrogen-bond acceptors (Lipinski definition) is 1. The fraction of sp³-hybridized carbons (Fsp3) is 0.500. The minimum Gasteiger partial charge on any atom is -0.334 e. The second-order valence-electron chi connectivity index (χ2n) is 5.09.